The number of nitro groups is 2. The molecule has 2 amide bonds. The summed E-state index contributed by atoms with van der Waals surface area (Å²) in [5.41, 5.74) is -0.924. The summed E-state index contributed by atoms with van der Waals surface area (Å²) < 4.78 is 0.781. The fourth-order valence-electron chi connectivity index (χ4n) is 2.53. The molecule has 1 heterocycles. The number of hydrogen-bond acceptors (Lipinski definition) is 9. The van der Waals surface area contributed by atoms with Crippen molar-refractivity contribution in [3.63, 3.8) is 0 Å². The molecule has 0 fully saturated rings. The number of carbonyl (C=O) groups is 2. The molecule has 3 aromatic rings. The van der Waals surface area contributed by atoms with Gasteiger partial charge in [-0.25, -0.2) is 0 Å². The van der Waals surface area contributed by atoms with Gasteiger partial charge in [0.1, 0.15) is 5.01 Å². The maximum Gasteiger partial charge on any atom is 0.277 e. The average molecular weight is 521 g/mol. The minimum absolute atomic E-state index is 0.109. The molecule has 0 atom stereocenters. The normalized spacial score (nSPS) is 10.4. The predicted octanol–water partition coefficient (Wildman–Crippen LogP) is 3.34. The Kier molecular flexibility index (Phi) is 7.17. The van der Waals surface area contributed by atoms with Crippen LogP contribution in [0.1, 0.15) is 25.7 Å². The van der Waals surface area contributed by atoms with Crippen molar-refractivity contribution in [2.24, 2.45) is 0 Å². The second kappa shape index (κ2) is 10.0. The van der Waals surface area contributed by atoms with E-state index >= 15 is 0 Å². The van der Waals surface area contributed by atoms with Crippen LogP contribution in [0.2, 0.25) is 0 Å². The summed E-state index contributed by atoms with van der Waals surface area (Å²) in [6.07, 6.45) is 0.357. The van der Waals surface area contributed by atoms with Crippen molar-refractivity contribution in [3.8, 4) is 0 Å². The van der Waals surface area contributed by atoms with Crippen molar-refractivity contribution in [2.45, 2.75) is 6.42 Å². The largest absolute Gasteiger partial charge is 0.352 e. The van der Waals surface area contributed by atoms with Crippen LogP contribution >= 0.6 is 27.3 Å². The van der Waals surface area contributed by atoms with E-state index in [4.69, 9.17) is 0 Å². The van der Waals surface area contributed by atoms with Crippen molar-refractivity contribution in [3.05, 3.63) is 83.3 Å². The number of rotatable bonds is 8. The first-order chi connectivity index (χ1) is 15.2. The van der Waals surface area contributed by atoms with E-state index in [-0.39, 0.29) is 23.1 Å². The van der Waals surface area contributed by atoms with E-state index in [1.165, 1.54) is 0 Å². The zero-order valence-corrected chi connectivity index (χ0v) is 18.4. The molecule has 0 radical (unpaired) electrons. The Morgan fingerprint density at radius 3 is 2.28 bits per heavy atom. The third kappa shape index (κ3) is 5.89. The lowest BCUT2D eigenvalue weighted by molar-refractivity contribution is -0.394. The molecule has 0 bridgehead atoms. The molecule has 0 spiro atoms. The van der Waals surface area contributed by atoms with Gasteiger partial charge in [-0.1, -0.05) is 33.3 Å². The zero-order chi connectivity index (χ0) is 23.3. The summed E-state index contributed by atoms with van der Waals surface area (Å²) in [4.78, 5) is 44.8. The number of anilines is 1. The molecule has 0 unspecified atom stereocenters. The maximum absolute atomic E-state index is 12.4. The highest BCUT2D eigenvalue weighted by Crippen LogP contribution is 2.24. The van der Waals surface area contributed by atoms with Crippen LogP contribution in [0, 0.1) is 20.2 Å². The maximum atomic E-state index is 12.4. The Labute approximate surface area is 192 Å². The molecule has 0 saturated heterocycles. The summed E-state index contributed by atoms with van der Waals surface area (Å²) in [6.45, 7) is 0.283. The van der Waals surface area contributed by atoms with Crippen LogP contribution in [-0.2, 0) is 6.42 Å². The minimum atomic E-state index is -0.824. The van der Waals surface area contributed by atoms with Crippen LogP contribution in [-0.4, -0.2) is 38.4 Å². The molecular formula is C18H13BrN6O6S. The predicted molar refractivity (Wildman–Crippen MR) is 118 cm³/mol. The number of hydrogen-bond donors (Lipinski definition) is 2. The van der Waals surface area contributed by atoms with E-state index in [2.05, 4.69) is 36.8 Å². The number of nitro benzene ring substituents is 2. The number of halogens is 1. The molecule has 14 heteroatoms. The van der Waals surface area contributed by atoms with Crippen molar-refractivity contribution in [2.75, 3.05) is 11.9 Å². The number of non-ortho nitro benzene ring substituents is 2. The molecule has 0 aliphatic carbocycles. The van der Waals surface area contributed by atoms with Gasteiger partial charge in [-0.3, -0.25) is 35.1 Å². The minimum Gasteiger partial charge on any atom is -0.352 e. The summed E-state index contributed by atoms with van der Waals surface area (Å²) in [6, 6.07) is 9.54. The summed E-state index contributed by atoms with van der Waals surface area (Å²) in [5.74, 6) is -1.06. The molecule has 2 aromatic carbocycles. The Hall–Kier alpha value is -3.78. The number of aromatic nitrogens is 2. The highest BCUT2D eigenvalue weighted by atomic mass is 79.9. The van der Waals surface area contributed by atoms with Crippen LogP contribution in [0.4, 0.5) is 16.5 Å². The SMILES string of the molecule is O=C(NCCc1nnc(NC(=O)c2cc([N+](=O)[O-])cc([N+](=O)[O-])c2)s1)c1cccc(Br)c1. The van der Waals surface area contributed by atoms with Crippen LogP contribution in [0.3, 0.4) is 0 Å². The van der Waals surface area contributed by atoms with Crippen LogP contribution in [0.25, 0.3) is 0 Å². The van der Waals surface area contributed by atoms with E-state index in [1.54, 1.807) is 24.3 Å². The molecule has 0 saturated carbocycles. The van der Waals surface area contributed by atoms with E-state index in [0.29, 0.717) is 17.0 Å². The fourth-order valence-corrected chi connectivity index (χ4v) is 3.66. The van der Waals surface area contributed by atoms with Crippen molar-refractivity contribution in [1.82, 2.24) is 15.5 Å². The van der Waals surface area contributed by atoms with Gasteiger partial charge in [-0.2, -0.15) is 0 Å². The Balaban J connectivity index is 1.60. The van der Waals surface area contributed by atoms with Gasteiger partial charge in [0.25, 0.3) is 23.2 Å². The van der Waals surface area contributed by atoms with Crippen molar-refractivity contribution in [1.29, 1.82) is 0 Å². The lowest BCUT2D eigenvalue weighted by Crippen LogP contribution is -2.25. The summed E-state index contributed by atoms with van der Waals surface area (Å²) in [5, 5.41) is 35.5. The topological polar surface area (TPSA) is 170 Å². The van der Waals surface area contributed by atoms with E-state index < -0.39 is 27.1 Å². The molecule has 0 aliphatic rings. The van der Waals surface area contributed by atoms with Gasteiger partial charge in [0.05, 0.1) is 21.5 Å². The van der Waals surface area contributed by atoms with Gasteiger partial charge in [0.2, 0.25) is 5.13 Å². The van der Waals surface area contributed by atoms with Crippen LogP contribution in [0.5, 0.6) is 0 Å². The van der Waals surface area contributed by atoms with Crippen molar-refractivity contribution >= 4 is 55.6 Å². The number of nitrogens with one attached hydrogen (secondary N) is 2. The third-order valence-corrected chi connectivity index (χ3v) is 5.38. The number of carbonyl (C=O) groups excluding carboxylic acids is 2. The lowest BCUT2D eigenvalue weighted by atomic mass is 10.1. The van der Waals surface area contributed by atoms with E-state index in [1.807, 2.05) is 0 Å². The van der Waals surface area contributed by atoms with Gasteiger partial charge >= 0.3 is 0 Å². The molecule has 32 heavy (non-hydrogen) atoms. The molecule has 3 rings (SSSR count). The summed E-state index contributed by atoms with van der Waals surface area (Å²) >= 11 is 4.34. The smallest absolute Gasteiger partial charge is 0.277 e. The zero-order valence-electron chi connectivity index (χ0n) is 16.0. The van der Waals surface area contributed by atoms with Crippen LogP contribution < -0.4 is 10.6 Å². The first-order valence-corrected chi connectivity index (χ1v) is 10.5. The van der Waals surface area contributed by atoms with Gasteiger partial charge in [0.15, 0.2) is 0 Å². The quantitative estimate of drug-likeness (QED) is 0.336. The molecule has 0 aliphatic heterocycles. The highest BCUT2D eigenvalue weighted by molar-refractivity contribution is 9.10. The van der Waals surface area contributed by atoms with Gasteiger partial charge in [-0.15, -0.1) is 10.2 Å². The number of nitrogens with zero attached hydrogens (tertiary/aromatic N) is 4. The highest BCUT2D eigenvalue weighted by Gasteiger charge is 2.20. The Bertz CT molecular complexity index is 1180. The summed E-state index contributed by atoms with van der Waals surface area (Å²) in [7, 11) is 0. The molecular weight excluding hydrogens is 508 g/mol. The van der Waals surface area contributed by atoms with Crippen LogP contribution in [0.15, 0.2) is 46.9 Å². The second-order valence-corrected chi connectivity index (χ2v) is 8.20. The van der Waals surface area contributed by atoms with E-state index in [9.17, 15) is 29.8 Å². The first kappa shape index (κ1) is 22.9. The average Bonchev–Trinajstić information content (AvgIpc) is 3.20. The first-order valence-electron chi connectivity index (χ1n) is 8.84. The molecule has 2 N–H and O–H groups in total. The molecule has 1 aromatic heterocycles. The van der Waals surface area contributed by atoms with Gasteiger partial charge in [-0.05, 0) is 18.2 Å². The molecule has 12 nitrogen and oxygen atoms in total. The molecule has 164 valence electrons. The fraction of sp³-hybridized carbons (Fsp3) is 0.111. The Morgan fingerprint density at radius 2 is 1.66 bits per heavy atom. The number of amides is 2. The van der Waals surface area contributed by atoms with Crippen molar-refractivity contribution < 1.29 is 19.4 Å². The monoisotopic (exact) mass is 520 g/mol. The third-order valence-electron chi connectivity index (χ3n) is 3.98. The number of benzene rings is 2. The standard InChI is InChI=1S/C18H13BrN6O6S/c19-12-3-1-2-10(6-12)16(26)20-5-4-15-22-23-18(32-15)21-17(27)11-7-13(24(28)29)9-14(8-11)25(30)31/h1-3,6-9H,4-5H2,(H,20,26)(H,21,23,27). The van der Waals surface area contributed by atoms with E-state index in [0.717, 1.165) is 34.0 Å². The van der Waals surface area contributed by atoms with Gasteiger partial charge < -0.3 is 5.32 Å². The lowest BCUT2D eigenvalue weighted by Gasteiger charge is -2.04. The Morgan fingerprint density at radius 1 is 0.969 bits per heavy atom. The second-order valence-electron chi connectivity index (χ2n) is 6.22. The van der Waals surface area contributed by atoms with Gasteiger partial charge in [0, 0.05) is 35.1 Å².